The Balaban J connectivity index is 1.67. The fourth-order valence-corrected chi connectivity index (χ4v) is 7.21. The quantitative estimate of drug-likeness (QED) is 0.204. The molecule has 0 spiro atoms. The summed E-state index contributed by atoms with van der Waals surface area (Å²) >= 11 is 0. The summed E-state index contributed by atoms with van der Waals surface area (Å²) in [6.45, 7) is 13.9. The molecule has 212 valence electrons. The highest BCUT2D eigenvalue weighted by atomic mass is 15.1. The largest absolute Gasteiger partial charge is 0.310 e. The smallest absolute Gasteiger partial charge is 0.0549 e. The SMILES string of the molecule is Cc1ccc2c(c1)C(C)(C)c1cc(C)cc(-c3c(N(c4ccccc4)c4ccccc4)cc(C(C)C)c4ccccc34)c1-2. The average molecular weight is 558 g/mol. The molecule has 1 aliphatic carbocycles. The summed E-state index contributed by atoms with van der Waals surface area (Å²) in [4.78, 5) is 2.46. The molecular formula is C42H39N. The third-order valence-electron chi connectivity index (χ3n) is 9.29. The van der Waals surface area contributed by atoms with Crippen LogP contribution in [0, 0.1) is 13.8 Å². The Bertz CT molecular complexity index is 1940. The maximum absolute atomic E-state index is 2.47. The molecular weight excluding hydrogens is 518 g/mol. The highest BCUT2D eigenvalue weighted by Crippen LogP contribution is 2.56. The Kier molecular flexibility index (Phi) is 6.51. The number of aryl methyl sites for hydroxylation is 2. The third-order valence-corrected chi connectivity index (χ3v) is 9.29. The number of benzene rings is 6. The van der Waals surface area contributed by atoms with E-state index < -0.39 is 0 Å². The predicted molar refractivity (Wildman–Crippen MR) is 185 cm³/mol. The van der Waals surface area contributed by atoms with Gasteiger partial charge in [-0.25, -0.2) is 0 Å². The first-order valence-corrected chi connectivity index (χ1v) is 15.5. The van der Waals surface area contributed by atoms with Crippen LogP contribution >= 0.6 is 0 Å². The van der Waals surface area contributed by atoms with Crippen molar-refractivity contribution in [3.8, 4) is 22.3 Å². The van der Waals surface area contributed by atoms with Crippen molar-refractivity contribution in [3.05, 3.63) is 149 Å². The van der Waals surface area contributed by atoms with Crippen molar-refractivity contribution in [3.63, 3.8) is 0 Å². The van der Waals surface area contributed by atoms with E-state index in [9.17, 15) is 0 Å². The zero-order valence-electron chi connectivity index (χ0n) is 26.1. The highest BCUT2D eigenvalue weighted by Gasteiger charge is 2.38. The maximum Gasteiger partial charge on any atom is 0.0549 e. The van der Waals surface area contributed by atoms with E-state index in [2.05, 4.69) is 168 Å². The van der Waals surface area contributed by atoms with Crippen LogP contribution in [0.15, 0.2) is 121 Å². The molecule has 0 aliphatic heterocycles. The van der Waals surface area contributed by atoms with Gasteiger partial charge in [0.25, 0.3) is 0 Å². The lowest BCUT2D eigenvalue weighted by molar-refractivity contribution is 0.659. The second kappa shape index (κ2) is 10.3. The van der Waals surface area contributed by atoms with Crippen LogP contribution in [0.1, 0.15) is 61.4 Å². The average Bonchev–Trinajstić information content (AvgIpc) is 3.23. The summed E-state index contributed by atoms with van der Waals surface area (Å²) in [7, 11) is 0. The Morgan fingerprint density at radius 1 is 0.535 bits per heavy atom. The van der Waals surface area contributed by atoms with Crippen molar-refractivity contribution >= 4 is 27.8 Å². The van der Waals surface area contributed by atoms with Gasteiger partial charge in [-0.15, -0.1) is 0 Å². The third kappa shape index (κ3) is 4.38. The Morgan fingerprint density at radius 2 is 1.12 bits per heavy atom. The van der Waals surface area contributed by atoms with Crippen LogP contribution in [0.5, 0.6) is 0 Å². The zero-order valence-corrected chi connectivity index (χ0v) is 26.1. The van der Waals surface area contributed by atoms with Crippen molar-refractivity contribution in [2.45, 2.75) is 52.9 Å². The molecule has 0 atom stereocenters. The van der Waals surface area contributed by atoms with Gasteiger partial charge in [-0.05, 0) is 94.3 Å². The molecule has 6 aromatic carbocycles. The van der Waals surface area contributed by atoms with E-state index >= 15 is 0 Å². The van der Waals surface area contributed by atoms with Crippen LogP contribution in [0.4, 0.5) is 17.1 Å². The van der Waals surface area contributed by atoms with Gasteiger partial charge in [-0.2, -0.15) is 0 Å². The second-order valence-corrected chi connectivity index (χ2v) is 13.0. The van der Waals surface area contributed by atoms with Gasteiger partial charge < -0.3 is 4.90 Å². The minimum Gasteiger partial charge on any atom is -0.310 e. The molecule has 0 bridgehead atoms. The van der Waals surface area contributed by atoms with E-state index in [1.165, 1.54) is 66.5 Å². The van der Waals surface area contributed by atoms with Crippen LogP contribution < -0.4 is 4.90 Å². The van der Waals surface area contributed by atoms with E-state index in [-0.39, 0.29) is 5.41 Å². The minimum absolute atomic E-state index is 0.0795. The zero-order chi connectivity index (χ0) is 29.9. The summed E-state index contributed by atoms with van der Waals surface area (Å²) in [5.41, 5.74) is 15.6. The van der Waals surface area contributed by atoms with Gasteiger partial charge in [0.1, 0.15) is 0 Å². The number of hydrogen-bond donors (Lipinski definition) is 0. The fourth-order valence-electron chi connectivity index (χ4n) is 7.21. The maximum atomic E-state index is 2.47. The van der Waals surface area contributed by atoms with Gasteiger partial charge in [0.2, 0.25) is 0 Å². The summed E-state index contributed by atoms with van der Waals surface area (Å²) in [5.74, 6) is 0.372. The molecule has 0 N–H and O–H groups in total. The first kappa shape index (κ1) is 27.2. The standard InChI is InChI=1S/C42H39N/c1-27(2)35-26-39(43(30-15-9-7-10-16-30)31-17-11-8-12-18-31)41(33-20-14-13-19-32(33)35)36-23-29(4)25-38-40(36)34-22-21-28(3)24-37(34)42(38,5)6/h7-27H,1-6H3. The van der Waals surface area contributed by atoms with Crippen molar-refractivity contribution in [2.75, 3.05) is 4.90 Å². The molecule has 0 radical (unpaired) electrons. The second-order valence-electron chi connectivity index (χ2n) is 13.0. The van der Waals surface area contributed by atoms with Crippen LogP contribution in [-0.2, 0) is 5.41 Å². The molecule has 43 heavy (non-hydrogen) atoms. The number of hydrogen-bond acceptors (Lipinski definition) is 1. The fraction of sp³-hybridized carbons (Fsp3) is 0.190. The number of rotatable bonds is 5. The van der Waals surface area contributed by atoms with Gasteiger partial charge >= 0.3 is 0 Å². The first-order valence-electron chi connectivity index (χ1n) is 15.5. The van der Waals surface area contributed by atoms with E-state index in [4.69, 9.17) is 0 Å². The highest BCUT2D eigenvalue weighted by molar-refractivity contribution is 6.11. The van der Waals surface area contributed by atoms with Crippen LogP contribution in [0.3, 0.4) is 0 Å². The van der Waals surface area contributed by atoms with E-state index in [1.807, 2.05) is 0 Å². The monoisotopic (exact) mass is 557 g/mol. The minimum atomic E-state index is -0.0795. The summed E-state index contributed by atoms with van der Waals surface area (Å²) in [5, 5.41) is 2.63. The van der Waals surface area contributed by atoms with E-state index in [0.29, 0.717) is 5.92 Å². The normalized spacial score (nSPS) is 13.3. The Labute approximate surface area is 256 Å². The summed E-state index contributed by atoms with van der Waals surface area (Å²) in [6.07, 6.45) is 0. The molecule has 0 amide bonds. The Hall–Kier alpha value is -4.62. The molecule has 0 saturated heterocycles. The van der Waals surface area contributed by atoms with Crippen LogP contribution in [0.25, 0.3) is 33.0 Å². The van der Waals surface area contributed by atoms with E-state index in [1.54, 1.807) is 0 Å². The molecule has 0 saturated carbocycles. The first-order chi connectivity index (χ1) is 20.8. The van der Waals surface area contributed by atoms with Crippen molar-refractivity contribution in [2.24, 2.45) is 0 Å². The number of nitrogens with zero attached hydrogens (tertiary/aromatic N) is 1. The summed E-state index contributed by atoms with van der Waals surface area (Å²) in [6, 6.07) is 45.0. The molecule has 1 aliphatic rings. The number of anilines is 3. The van der Waals surface area contributed by atoms with Crippen molar-refractivity contribution in [1.29, 1.82) is 0 Å². The molecule has 1 heteroatoms. The molecule has 0 unspecified atom stereocenters. The van der Waals surface area contributed by atoms with Crippen LogP contribution in [0.2, 0.25) is 0 Å². The van der Waals surface area contributed by atoms with Gasteiger partial charge in [-0.1, -0.05) is 130 Å². The lowest BCUT2D eigenvalue weighted by Gasteiger charge is -2.31. The molecule has 0 fully saturated rings. The van der Waals surface area contributed by atoms with Crippen LogP contribution in [-0.4, -0.2) is 0 Å². The lowest BCUT2D eigenvalue weighted by Crippen LogP contribution is -2.15. The number of fused-ring (bicyclic) bond motifs is 4. The molecule has 6 aromatic rings. The van der Waals surface area contributed by atoms with E-state index in [0.717, 1.165) is 11.4 Å². The lowest BCUT2D eigenvalue weighted by atomic mass is 9.80. The van der Waals surface area contributed by atoms with Gasteiger partial charge in [-0.3, -0.25) is 0 Å². The Morgan fingerprint density at radius 3 is 1.74 bits per heavy atom. The summed E-state index contributed by atoms with van der Waals surface area (Å²) < 4.78 is 0. The molecule has 0 heterocycles. The van der Waals surface area contributed by atoms with Crippen molar-refractivity contribution in [1.82, 2.24) is 0 Å². The number of para-hydroxylation sites is 2. The topological polar surface area (TPSA) is 3.24 Å². The predicted octanol–water partition coefficient (Wildman–Crippen LogP) is 12.0. The molecule has 7 rings (SSSR count). The van der Waals surface area contributed by atoms with Gasteiger partial charge in [0.15, 0.2) is 0 Å². The molecule has 1 nitrogen and oxygen atoms in total. The van der Waals surface area contributed by atoms with Gasteiger partial charge in [0, 0.05) is 22.4 Å². The molecule has 0 aromatic heterocycles. The van der Waals surface area contributed by atoms with Crippen molar-refractivity contribution < 1.29 is 0 Å². The van der Waals surface area contributed by atoms with Gasteiger partial charge in [0.05, 0.1) is 5.69 Å².